The van der Waals surface area contributed by atoms with Gasteiger partial charge in [-0.2, -0.15) is 0 Å². The smallest absolute Gasteiger partial charge is 0.124 e. The van der Waals surface area contributed by atoms with E-state index >= 15 is 0 Å². The van der Waals surface area contributed by atoms with Crippen molar-refractivity contribution < 1.29 is 9.84 Å². The zero-order chi connectivity index (χ0) is 11.3. The van der Waals surface area contributed by atoms with Crippen LogP contribution in [0.3, 0.4) is 0 Å². The summed E-state index contributed by atoms with van der Waals surface area (Å²) in [5.41, 5.74) is 8.41. The Hall–Kier alpha value is -1.06. The van der Waals surface area contributed by atoms with Crippen molar-refractivity contribution in [1.29, 1.82) is 0 Å². The van der Waals surface area contributed by atoms with Crippen molar-refractivity contribution in [3.63, 3.8) is 0 Å². The topological polar surface area (TPSA) is 55.5 Å². The lowest BCUT2D eigenvalue weighted by Crippen LogP contribution is -2.01. The molecule has 0 radical (unpaired) electrons. The molecule has 0 atom stereocenters. The van der Waals surface area contributed by atoms with E-state index in [2.05, 4.69) is 0 Å². The van der Waals surface area contributed by atoms with Gasteiger partial charge in [0, 0.05) is 18.7 Å². The normalized spacial score (nSPS) is 10.6. The largest absolute Gasteiger partial charge is 0.507 e. The first kappa shape index (κ1) is 12.0. The molecule has 0 saturated carbocycles. The molecule has 0 aliphatic carbocycles. The third-order valence-corrected chi connectivity index (χ3v) is 2.41. The average molecular weight is 209 g/mol. The van der Waals surface area contributed by atoms with E-state index in [1.807, 2.05) is 26.0 Å². The van der Waals surface area contributed by atoms with Gasteiger partial charge in [0.05, 0.1) is 6.61 Å². The van der Waals surface area contributed by atoms with Crippen LogP contribution in [0.4, 0.5) is 0 Å². The van der Waals surface area contributed by atoms with Crippen molar-refractivity contribution >= 4 is 0 Å². The van der Waals surface area contributed by atoms with E-state index in [9.17, 15) is 5.11 Å². The van der Waals surface area contributed by atoms with Gasteiger partial charge >= 0.3 is 0 Å². The van der Waals surface area contributed by atoms with Crippen LogP contribution in [0.2, 0.25) is 0 Å². The van der Waals surface area contributed by atoms with Crippen LogP contribution in [0.25, 0.3) is 0 Å². The second-order valence-corrected chi connectivity index (χ2v) is 3.46. The van der Waals surface area contributed by atoms with Gasteiger partial charge in [-0.25, -0.2) is 0 Å². The van der Waals surface area contributed by atoms with Gasteiger partial charge in [0.15, 0.2) is 0 Å². The summed E-state index contributed by atoms with van der Waals surface area (Å²) in [4.78, 5) is 0. The van der Waals surface area contributed by atoms with Crippen molar-refractivity contribution in [2.45, 2.75) is 33.4 Å². The number of phenols is 1. The Morgan fingerprint density at radius 1 is 1.27 bits per heavy atom. The summed E-state index contributed by atoms with van der Waals surface area (Å²) in [6, 6.07) is 3.86. The quantitative estimate of drug-likeness (QED) is 0.779. The molecule has 3 heteroatoms. The fourth-order valence-corrected chi connectivity index (χ4v) is 1.54. The molecule has 0 unspecified atom stereocenters. The molecule has 0 aliphatic rings. The minimum Gasteiger partial charge on any atom is -0.507 e. The molecule has 15 heavy (non-hydrogen) atoms. The first-order chi connectivity index (χ1) is 7.22. The van der Waals surface area contributed by atoms with E-state index in [-0.39, 0.29) is 0 Å². The van der Waals surface area contributed by atoms with Crippen LogP contribution in [0, 0.1) is 0 Å². The zero-order valence-corrected chi connectivity index (χ0v) is 9.42. The first-order valence-corrected chi connectivity index (χ1v) is 5.34. The Labute approximate surface area is 90.9 Å². The molecule has 0 spiro atoms. The molecule has 1 aromatic rings. The SMILES string of the molecule is CCOCc1cc(CN)cc(CC)c1O. The summed E-state index contributed by atoms with van der Waals surface area (Å²) in [5, 5.41) is 9.91. The Balaban J connectivity index is 3.01. The van der Waals surface area contributed by atoms with Gasteiger partial charge in [0.25, 0.3) is 0 Å². The van der Waals surface area contributed by atoms with Gasteiger partial charge in [-0.3, -0.25) is 0 Å². The maximum absolute atomic E-state index is 9.91. The number of hydrogen-bond acceptors (Lipinski definition) is 3. The Bertz CT molecular complexity index is 324. The van der Waals surface area contributed by atoms with Gasteiger partial charge in [-0.05, 0) is 30.5 Å². The van der Waals surface area contributed by atoms with Crippen LogP contribution in [0.1, 0.15) is 30.5 Å². The molecule has 3 nitrogen and oxygen atoms in total. The van der Waals surface area contributed by atoms with Gasteiger partial charge in [0.1, 0.15) is 5.75 Å². The minimum absolute atomic E-state index is 0.350. The van der Waals surface area contributed by atoms with Crippen LogP contribution in [0.5, 0.6) is 5.75 Å². The van der Waals surface area contributed by atoms with Crippen LogP contribution < -0.4 is 5.73 Å². The second-order valence-electron chi connectivity index (χ2n) is 3.46. The van der Waals surface area contributed by atoms with Crippen LogP contribution in [-0.4, -0.2) is 11.7 Å². The summed E-state index contributed by atoms with van der Waals surface area (Å²) < 4.78 is 5.30. The van der Waals surface area contributed by atoms with Gasteiger partial charge in [-0.15, -0.1) is 0 Å². The summed E-state index contributed by atoms with van der Waals surface area (Å²) in [5.74, 6) is 0.350. The zero-order valence-electron chi connectivity index (χ0n) is 9.42. The van der Waals surface area contributed by atoms with E-state index in [1.165, 1.54) is 0 Å². The molecule has 3 N–H and O–H groups in total. The standard InChI is InChI=1S/C12H19NO2/c1-3-10-5-9(7-13)6-11(12(10)14)8-15-4-2/h5-6,14H,3-4,7-8,13H2,1-2H3. The molecule has 0 bridgehead atoms. The molecule has 0 saturated heterocycles. The highest BCUT2D eigenvalue weighted by molar-refractivity contribution is 5.43. The predicted molar refractivity (Wildman–Crippen MR) is 60.7 cm³/mol. The van der Waals surface area contributed by atoms with Crippen molar-refractivity contribution in [3.05, 3.63) is 28.8 Å². The van der Waals surface area contributed by atoms with Crippen LogP contribution in [-0.2, 0) is 24.3 Å². The van der Waals surface area contributed by atoms with Crippen molar-refractivity contribution in [2.75, 3.05) is 6.61 Å². The fraction of sp³-hybridized carbons (Fsp3) is 0.500. The van der Waals surface area contributed by atoms with E-state index in [0.29, 0.717) is 25.5 Å². The maximum Gasteiger partial charge on any atom is 0.124 e. The molecule has 0 fully saturated rings. The van der Waals surface area contributed by atoms with Crippen molar-refractivity contribution in [2.24, 2.45) is 5.73 Å². The van der Waals surface area contributed by atoms with E-state index in [0.717, 1.165) is 23.1 Å². The number of ether oxygens (including phenoxy) is 1. The third kappa shape index (κ3) is 2.94. The van der Waals surface area contributed by atoms with Crippen LogP contribution in [0.15, 0.2) is 12.1 Å². The number of phenolic OH excluding ortho intramolecular Hbond substituents is 1. The molecule has 1 aromatic carbocycles. The Kier molecular flexibility index (Phi) is 4.59. The fourth-order valence-electron chi connectivity index (χ4n) is 1.54. The molecular weight excluding hydrogens is 190 g/mol. The Morgan fingerprint density at radius 2 is 1.93 bits per heavy atom. The molecule has 1 rings (SSSR count). The van der Waals surface area contributed by atoms with E-state index in [1.54, 1.807) is 0 Å². The molecule has 0 heterocycles. The number of nitrogens with two attached hydrogens (primary N) is 1. The minimum atomic E-state index is 0.350. The van der Waals surface area contributed by atoms with Gasteiger partial charge in [-0.1, -0.05) is 13.0 Å². The van der Waals surface area contributed by atoms with Crippen molar-refractivity contribution in [3.8, 4) is 5.75 Å². The number of hydrogen-bond donors (Lipinski definition) is 2. The van der Waals surface area contributed by atoms with Gasteiger partial charge in [0.2, 0.25) is 0 Å². The summed E-state index contributed by atoms with van der Waals surface area (Å²) >= 11 is 0. The molecule has 84 valence electrons. The van der Waals surface area contributed by atoms with Crippen molar-refractivity contribution in [1.82, 2.24) is 0 Å². The molecule has 0 amide bonds. The van der Waals surface area contributed by atoms with E-state index < -0.39 is 0 Å². The van der Waals surface area contributed by atoms with E-state index in [4.69, 9.17) is 10.5 Å². The number of aromatic hydroxyl groups is 1. The summed E-state index contributed by atoms with van der Waals surface area (Å²) in [7, 11) is 0. The Morgan fingerprint density at radius 3 is 2.47 bits per heavy atom. The highest BCUT2D eigenvalue weighted by atomic mass is 16.5. The lowest BCUT2D eigenvalue weighted by atomic mass is 10.0. The lowest BCUT2D eigenvalue weighted by molar-refractivity contribution is 0.132. The first-order valence-electron chi connectivity index (χ1n) is 5.34. The molecule has 0 aliphatic heterocycles. The maximum atomic E-state index is 9.91. The summed E-state index contributed by atoms with van der Waals surface area (Å²) in [6.45, 7) is 5.54. The average Bonchev–Trinajstić information content (AvgIpc) is 2.27. The second kappa shape index (κ2) is 5.73. The number of benzene rings is 1. The monoisotopic (exact) mass is 209 g/mol. The molecule has 0 aromatic heterocycles. The number of rotatable bonds is 5. The predicted octanol–water partition coefficient (Wildman–Crippen LogP) is 1.95. The highest BCUT2D eigenvalue weighted by Crippen LogP contribution is 2.25. The van der Waals surface area contributed by atoms with Crippen LogP contribution >= 0.6 is 0 Å². The highest BCUT2D eigenvalue weighted by Gasteiger charge is 2.08. The molecular formula is C12H19NO2. The number of aryl methyl sites for hydroxylation is 1. The van der Waals surface area contributed by atoms with Gasteiger partial charge < -0.3 is 15.6 Å². The third-order valence-electron chi connectivity index (χ3n) is 2.41. The lowest BCUT2D eigenvalue weighted by Gasteiger charge is -2.11. The summed E-state index contributed by atoms with van der Waals surface area (Å²) in [6.07, 6.45) is 0.804.